The Morgan fingerprint density at radius 2 is 2.00 bits per heavy atom. The van der Waals surface area contributed by atoms with Crippen molar-refractivity contribution in [2.75, 3.05) is 6.61 Å². The molecular weight excluding hydrogens is 324 g/mol. The summed E-state index contributed by atoms with van der Waals surface area (Å²) >= 11 is 0. The summed E-state index contributed by atoms with van der Waals surface area (Å²) in [5, 5.41) is 0. The Kier molecular flexibility index (Phi) is 5.01. The lowest BCUT2D eigenvalue weighted by Crippen LogP contribution is -2.43. The first-order chi connectivity index (χ1) is 12.2. The van der Waals surface area contributed by atoms with Gasteiger partial charge in [-0.3, -0.25) is 0 Å². The van der Waals surface area contributed by atoms with Gasteiger partial charge in [-0.1, -0.05) is 19.9 Å². The molecule has 0 aliphatic rings. The smallest absolute Gasteiger partial charge is 0.157 e. The number of ether oxygens (including phenoxy) is 1. The van der Waals surface area contributed by atoms with Crippen molar-refractivity contribution in [1.29, 1.82) is 0 Å². The van der Waals surface area contributed by atoms with E-state index in [0.29, 0.717) is 12.5 Å². The molecule has 3 aromatic rings. The average molecular weight is 352 g/mol. The van der Waals surface area contributed by atoms with Gasteiger partial charge in [0.15, 0.2) is 5.65 Å². The van der Waals surface area contributed by atoms with E-state index in [0.717, 1.165) is 45.8 Å². The standard InChI is InChI=1S/C21H28N4O/c1-13(2)11-21(5,22)12-26-18-7-6-16(10-14(18)3)17-8-9-23-20-19(17)24-15(4)25-20/h6-10,13H,11-12,22H2,1-5H3,(H,23,24,25). The third kappa shape index (κ3) is 4.05. The number of nitrogens with zero attached hydrogens (tertiary/aromatic N) is 2. The number of benzene rings is 1. The lowest BCUT2D eigenvalue weighted by Gasteiger charge is -2.27. The number of hydrogen-bond acceptors (Lipinski definition) is 4. The normalized spacial score (nSPS) is 14.0. The van der Waals surface area contributed by atoms with Gasteiger partial charge in [0.1, 0.15) is 23.7 Å². The number of pyridine rings is 1. The Bertz CT molecular complexity index is 912. The molecule has 0 saturated heterocycles. The van der Waals surface area contributed by atoms with E-state index in [1.165, 1.54) is 0 Å². The highest BCUT2D eigenvalue weighted by molar-refractivity contribution is 5.89. The van der Waals surface area contributed by atoms with Gasteiger partial charge in [0, 0.05) is 17.3 Å². The summed E-state index contributed by atoms with van der Waals surface area (Å²) < 4.78 is 6.03. The lowest BCUT2D eigenvalue weighted by molar-refractivity contribution is 0.206. The minimum absolute atomic E-state index is 0.330. The van der Waals surface area contributed by atoms with E-state index < -0.39 is 0 Å². The molecule has 3 rings (SSSR count). The van der Waals surface area contributed by atoms with Crippen LogP contribution < -0.4 is 10.5 Å². The van der Waals surface area contributed by atoms with Crippen LogP contribution in [0, 0.1) is 19.8 Å². The van der Waals surface area contributed by atoms with Crippen molar-refractivity contribution in [3.05, 3.63) is 41.9 Å². The Morgan fingerprint density at radius 1 is 1.23 bits per heavy atom. The first-order valence-electron chi connectivity index (χ1n) is 9.09. The highest BCUT2D eigenvalue weighted by Gasteiger charge is 2.21. The second-order valence-electron chi connectivity index (χ2n) is 7.90. The number of nitrogens with two attached hydrogens (primary N) is 1. The fourth-order valence-electron chi connectivity index (χ4n) is 3.47. The van der Waals surface area contributed by atoms with Gasteiger partial charge in [-0.25, -0.2) is 9.97 Å². The maximum Gasteiger partial charge on any atom is 0.157 e. The van der Waals surface area contributed by atoms with E-state index >= 15 is 0 Å². The zero-order valence-corrected chi connectivity index (χ0v) is 16.3. The molecule has 5 heteroatoms. The summed E-state index contributed by atoms with van der Waals surface area (Å²) in [5.74, 6) is 2.28. The number of fused-ring (bicyclic) bond motifs is 1. The van der Waals surface area contributed by atoms with Crippen LogP contribution in [0.25, 0.3) is 22.3 Å². The number of imidazole rings is 1. The maximum absolute atomic E-state index is 6.36. The molecule has 2 heterocycles. The quantitative estimate of drug-likeness (QED) is 0.690. The number of aromatic amines is 1. The Labute approximate surface area is 155 Å². The minimum Gasteiger partial charge on any atom is -0.491 e. The van der Waals surface area contributed by atoms with Gasteiger partial charge in [-0.05, 0) is 62.4 Å². The summed E-state index contributed by atoms with van der Waals surface area (Å²) in [6, 6.07) is 8.21. The number of aromatic nitrogens is 3. The van der Waals surface area contributed by atoms with Crippen molar-refractivity contribution in [3.63, 3.8) is 0 Å². The van der Waals surface area contributed by atoms with Crippen LogP contribution in [-0.2, 0) is 0 Å². The first kappa shape index (κ1) is 18.4. The van der Waals surface area contributed by atoms with E-state index in [9.17, 15) is 0 Å². The predicted octanol–water partition coefficient (Wildman–Crippen LogP) is 4.38. The fraction of sp³-hybridized carbons (Fsp3) is 0.429. The molecule has 5 nitrogen and oxygen atoms in total. The Hall–Kier alpha value is -2.40. The van der Waals surface area contributed by atoms with Gasteiger partial charge < -0.3 is 15.5 Å². The van der Waals surface area contributed by atoms with Gasteiger partial charge >= 0.3 is 0 Å². The van der Waals surface area contributed by atoms with Gasteiger partial charge in [0.05, 0.1) is 0 Å². The number of hydrogen-bond donors (Lipinski definition) is 2. The zero-order valence-electron chi connectivity index (χ0n) is 16.3. The van der Waals surface area contributed by atoms with Gasteiger partial charge in [0.2, 0.25) is 0 Å². The largest absolute Gasteiger partial charge is 0.491 e. The Morgan fingerprint density at radius 3 is 2.69 bits per heavy atom. The van der Waals surface area contributed by atoms with Crippen LogP contribution in [-0.4, -0.2) is 27.1 Å². The summed E-state index contributed by atoms with van der Waals surface area (Å²) in [6.07, 6.45) is 2.73. The molecule has 0 aliphatic heterocycles. The third-order valence-corrected chi connectivity index (χ3v) is 4.42. The third-order valence-electron chi connectivity index (χ3n) is 4.42. The van der Waals surface area contributed by atoms with Crippen LogP contribution >= 0.6 is 0 Å². The SMILES string of the molecule is Cc1nc2c(-c3ccc(OCC(C)(N)CC(C)C)c(C)c3)ccnc2[nH]1. The van der Waals surface area contributed by atoms with Crippen LogP contribution in [0.3, 0.4) is 0 Å². The first-order valence-corrected chi connectivity index (χ1v) is 9.09. The molecule has 0 amide bonds. The van der Waals surface area contributed by atoms with E-state index in [1.807, 2.05) is 26.0 Å². The van der Waals surface area contributed by atoms with Crippen molar-refractivity contribution < 1.29 is 4.74 Å². The van der Waals surface area contributed by atoms with Crippen LogP contribution in [0.2, 0.25) is 0 Å². The molecule has 2 aromatic heterocycles. The number of nitrogens with one attached hydrogen (secondary N) is 1. The van der Waals surface area contributed by atoms with Crippen molar-refractivity contribution in [3.8, 4) is 16.9 Å². The van der Waals surface area contributed by atoms with Crippen LogP contribution in [0.4, 0.5) is 0 Å². The second kappa shape index (κ2) is 7.08. The molecule has 0 bridgehead atoms. The average Bonchev–Trinajstić information content (AvgIpc) is 2.92. The summed E-state index contributed by atoms with van der Waals surface area (Å²) in [7, 11) is 0. The highest BCUT2D eigenvalue weighted by Crippen LogP contribution is 2.30. The van der Waals surface area contributed by atoms with E-state index in [4.69, 9.17) is 10.5 Å². The highest BCUT2D eigenvalue weighted by atomic mass is 16.5. The number of H-pyrrole nitrogens is 1. The molecule has 0 saturated carbocycles. The molecule has 1 aromatic carbocycles. The second-order valence-corrected chi connectivity index (χ2v) is 7.90. The van der Waals surface area contributed by atoms with Gasteiger partial charge in [-0.15, -0.1) is 0 Å². The molecule has 0 spiro atoms. The summed E-state index contributed by atoms with van der Waals surface area (Å²) in [6.45, 7) is 10.9. The molecule has 0 fully saturated rings. The molecule has 3 N–H and O–H groups in total. The lowest BCUT2D eigenvalue weighted by atomic mass is 9.93. The van der Waals surface area contributed by atoms with Crippen molar-refractivity contribution >= 4 is 11.2 Å². The molecule has 1 unspecified atom stereocenters. The molecule has 1 atom stereocenters. The maximum atomic E-state index is 6.36. The van der Waals surface area contributed by atoms with E-state index in [1.54, 1.807) is 6.20 Å². The van der Waals surface area contributed by atoms with Gasteiger partial charge in [0.25, 0.3) is 0 Å². The summed E-state index contributed by atoms with van der Waals surface area (Å²) in [4.78, 5) is 12.1. The molecule has 0 radical (unpaired) electrons. The van der Waals surface area contributed by atoms with Crippen LogP contribution in [0.5, 0.6) is 5.75 Å². The topological polar surface area (TPSA) is 76.8 Å². The fourth-order valence-corrected chi connectivity index (χ4v) is 3.47. The number of aryl methyl sites for hydroxylation is 2. The van der Waals surface area contributed by atoms with Crippen molar-refractivity contribution in [2.24, 2.45) is 11.7 Å². The zero-order chi connectivity index (χ0) is 18.9. The predicted molar refractivity (Wildman–Crippen MR) is 106 cm³/mol. The van der Waals surface area contributed by atoms with Crippen molar-refractivity contribution in [2.45, 2.75) is 46.6 Å². The van der Waals surface area contributed by atoms with E-state index in [2.05, 4.69) is 47.9 Å². The van der Waals surface area contributed by atoms with Gasteiger partial charge in [-0.2, -0.15) is 0 Å². The Balaban J connectivity index is 1.83. The number of rotatable bonds is 6. The summed E-state index contributed by atoms with van der Waals surface area (Å²) in [5.41, 5.74) is 11.0. The van der Waals surface area contributed by atoms with Crippen LogP contribution in [0.1, 0.15) is 38.6 Å². The van der Waals surface area contributed by atoms with E-state index in [-0.39, 0.29) is 5.54 Å². The monoisotopic (exact) mass is 352 g/mol. The minimum atomic E-state index is -0.330. The molecule has 26 heavy (non-hydrogen) atoms. The molecule has 0 aliphatic carbocycles. The molecule has 138 valence electrons. The molecular formula is C21H28N4O. The van der Waals surface area contributed by atoms with Crippen LogP contribution in [0.15, 0.2) is 30.5 Å². The van der Waals surface area contributed by atoms with Crippen molar-refractivity contribution in [1.82, 2.24) is 15.0 Å².